The highest BCUT2D eigenvalue weighted by atomic mass is 32.2. The Labute approximate surface area is 122 Å². The molecule has 1 aromatic carbocycles. The van der Waals surface area contributed by atoms with Crippen molar-refractivity contribution in [3.8, 4) is 6.07 Å². The van der Waals surface area contributed by atoms with Crippen LogP contribution in [0, 0.1) is 23.1 Å². The Kier molecular flexibility index (Phi) is 5.41. The van der Waals surface area contributed by atoms with Gasteiger partial charge in [0.2, 0.25) is 10.0 Å². The van der Waals surface area contributed by atoms with Gasteiger partial charge in [-0.05, 0) is 30.5 Å². The van der Waals surface area contributed by atoms with Crippen LogP contribution in [0.25, 0.3) is 0 Å². The van der Waals surface area contributed by atoms with Gasteiger partial charge in [-0.3, -0.25) is 4.79 Å². The van der Waals surface area contributed by atoms with Gasteiger partial charge in [0, 0.05) is 0 Å². The highest BCUT2D eigenvalue weighted by Gasteiger charge is 2.27. The van der Waals surface area contributed by atoms with Gasteiger partial charge in [0.05, 0.1) is 10.5 Å². The van der Waals surface area contributed by atoms with Gasteiger partial charge in [-0.2, -0.15) is 9.98 Å². The molecule has 2 N–H and O–H groups in total. The fourth-order valence-corrected chi connectivity index (χ4v) is 3.09. The first kappa shape index (κ1) is 17.1. The van der Waals surface area contributed by atoms with E-state index in [1.165, 1.54) is 0 Å². The van der Waals surface area contributed by atoms with Gasteiger partial charge in [0.25, 0.3) is 0 Å². The molecule has 0 fully saturated rings. The molecule has 6 nitrogen and oxygen atoms in total. The molecule has 21 heavy (non-hydrogen) atoms. The van der Waals surface area contributed by atoms with Crippen LogP contribution in [-0.2, 0) is 14.8 Å². The van der Waals surface area contributed by atoms with Gasteiger partial charge >= 0.3 is 5.97 Å². The van der Waals surface area contributed by atoms with Crippen molar-refractivity contribution in [2.75, 3.05) is 0 Å². The van der Waals surface area contributed by atoms with Crippen molar-refractivity contribution >= 4 is 16.0 Å². The van der Waals surface area contributed by atoms with Crippen molar-refractivity contribution < 1.29 is 22.7 Å². The zero-order valence-electron chi connectivity index (χ0n) is 11.5. The van der Waals surface area contributed by atoms with Crippen LogP contribution in [0.1, 0.15) is 25.8 Å². The third-order valence-electron chi connectivity index (χ3n) is 2.65. The molecule has 0 saturated heterocycles. The summed E-state index contributed by atoms with van der Waals surface area (Å²) in [6, 6.07) is 2.88. The summed E-state index contributed by atoms with van der Waals surface area (Å²) in [4.78, 5) is 10.7. The van der Waals surface area contributed by atoms with Crippen molar-refractivity contribution in [2.24, 2.45) is 5.92 Å². The molecule has 0 radical (unpaired) electrons. The minimum absolute atomic E-state index is 0.0440. The lowest BCUT2D eigenvalue weighted by Gasteiger charge is -2.17. The second-order valence-electron chi connectivity index (χ2n) is 4.89. The molecule has 0 saturated carbocycles. The van der Waals surface area contributed by atoms with Gasteiger partial charge in [0.1, 0.15) is 17.9 Å². The quantitative estimate of drug-likeness (QED) is 0.827. The molecule has 1 rings (SSSR count). The minimum Gasteiger partial charge on any atom is -0.480 e. The number of sulfonamides is 1. The van der Waals surface area contributed by atoms with E-state index in [-0.39, 0.29) is 17.9 Å². The second-order valence-corrected chi connectivity index (χ2v) is 6.58. The molecule has 0 bridgehead atoms. The first-order valence-electron chi connectivity index (χ1n) is 6.12. The highest BCUT2D eigenvalue weighted by molar-refractivity contribution is 7.89. The molecule has 0 unspecified atom stereocenters. The maximum absolute atomic E-state index is 13.0. The van der Waals surface area contributed by atoms with E-state index in [1.807, 2.05) is 4.72 Å². The van der Waals surface area contributed by atoms with E-state index in [0.717, 1.165) is 18.2 Å². The van der Waals surface area contributed by atoms with Crippen LogP contribution in [0.2, 0.25) is 0 Å². The SMILES string of the molecule is CC(C)C[C@@H](NS(=O)(=O)c1ccc(F)cc1C#N)C(=O)O. The third-order valence-corrected chi connectivity index (χ3v) is 4.18. The smallest absolute Gasteiger partial charge is 0.321 e. The number of benzene rings is 1. The van der Waals surface area contributed by atoms with Crippen molar-refractivity contribution in [2.45, 2.75) is 31.2 Å². The van der Waals surface area contributed by atoms with Crippen LogP contribution in [-0.4, -0.2) is 25.5 Å². The Hall–Kier alpha value is -1.98. The molecular weight excluding hydrogens is 299 g/mol. The highest BCUT2D eigenvalue weighted by Crippen LogP contribution is 2.18. The molecule has 0 heterocycles. The number of hydrogen-bond donors (Lipinski definition) is 2. The maximum atomic E-state index is 13.0. The molecule has 0 spiro atoms. The van der Waals surface area contributed by atoms with E-state index in [9.17, 15) is 17.6 Å². The third kappa shape index (κ3) is 4.51. The van der Waals surface area contributed by atoms with E-state index < -0.39 is 32.7 Å². The minimum atomic E-state index is -4.23. The number of carboxylic acids is 1. The van der Waals surface area contributed by atoms with Gasteiger partial charge in [-0.1, -0.05) is 13.8 Å². The summed E-state index contributed by atoms with van der Waals surface area (Å²) in [6.07, 6.45) is 0.0949. The lowest BCUT2D eigenvalue weighted by atomic mass is 10.1. The molecule has 0 amide bonds. The molecule has 8 heteroatoms. The summed E-state index contributed by atoms with van der Waals surface area (Å²) >= 11 is 0. The number of rotatable bonds is 6. The van der Waals surface area contributed by atoms with Crippen LogP contribution in [0.3, 0.4) is 0 Å². The van der Waals surface area contributed by atoms with Crippen LogP contribution in [0.4, 0.5) is 4.39 Å². The molecule has 1 aromatic rings. The zero-order chi connectivity index (χ0) is 16.2. The van der Waals surface area contributed by atoms with E-state index in [2.05, 4.69) is 0 Å². The topological polar surface area (TPSA) is 107 Å². The summed E-state index contributed by atoms with van der Waals surface area (Å²) in [7, 11) is -4.23. The van der Waals surface area contributed by atoms with Crippen molar-refractivity contribution in [1.29, 1.82) is 5.26 Å². The first-order chi connectivity index (χ1) is 9.67. The zero-order valence-corrected chi connectivity index (χ0v) is 12.3. The van der Waals surface area contributed by atoms with Crippen LogP contribution in [0.15, 0.2) is 23.1 Å². The monoisotopic (exact) mass is 314 g/mol. The Bertz CT molecular complexity index is 680. The average molecular weight is 314 g/mol. The summed E-state index contributed by atoms with van der Waals surface area (Å²) < 4.78 is 39.4. The summed E-state index contributed by atoms with van der Waals surface area (Å²) in [5, 5.41) is 17.9. The lowest BCUT2D eigenvalue weighted by Crippen LogP contribution is -2.41. The molecule has 0 aliphatic rings. The predicted molar refractivity (Wildman–Crippen MR) is 72.3 cm³/mol. The average Bonchev–Trinajstić information content (AvgIpc) is 2.36. The summed E-state index contributed by atoms with van der Waals surface area (Å²) in [5.41, 5.74) is -0.379. The van der Waals surface area contributed by atoms with E-state index >= 15 is 0 Å². The largest absolute Gasteiger partial charge is 0.480 e. The Balaban J connectivity index is 3.17. The molecular formula is C13H15FN2O4S. The number of nitrogens with zero attached hydrogens (tertiary/aromatic N) is 1. The number of carboxylic acid groups (broad SMARTS) is 1. The van der Waals surface area contributed by atoms with Gasteiger partial charge in [-0.25, -0.2) is 12.8 Å². The van der Waals surface area contributed by atoms with Crippen LogP contribution >= 0.6 is 0 Å². The lowest BCUT2D eigenvalue weighted by molar-refractivity contribution is -0.139. The number of carbonyl (C=O) groups is 1. The fourth-order valence-electron chi connectivity index (χ4n) is 1.75. The van der Waals surface area contributed by atoms with E-state index in [1.54, 1.807) is 19.9 Å². The van der Waals surface area contributed by atoms with Crippen molar-refractivity contribution in [3.63, 3.8) is 0 Å². The molecule has 0 aromatic heterocycles. The maximum Gasteiger partial charge on any atom is 0.321 e. The standard InChI is InChI=1S/C13H15FN2O4S/c1-8(2)5-11(13(17)18)16-21(19,20)12-4-3-10(14)6-9(12)7-15/h3-4,6,8,11,16H,5H2,1-2H3,(H,17,18)/t11-/m1/s1. The molecule has 0 aliphatic heterocycles. The molecule has 114 valence electrons. The predicted octanol–water partition coefficient (Wildman–Crippen LogP) is 1.47. The van der Waals surface area contributed by atoms with E-state index in [0.29, 0.717) is 0 Å². The van der Waals surface area contributed by atoms with Crippen LogP contribution in [0.5, 0.6) is 0 Å². The second kappa shape index (κ2) is 6.65. The van der Waals surface area contributed by atoms with Gasteiger partial charge in [-0.15, -0.1) is 0 Å². The summed E-state index contributed by atoms with van der Waals surface area (Å²) in [6.45, 7) is 3.51. The van der Waals surface area contributed by atoms with Crippen molar-refractivity contribution in [3.05, 3.63) is 29.6 Å². The van der Waals surface area contributed by atoms with Gasteiger partial charge < -0.3 is 5.11 Å². The van der Waals surface area contributed by atoms with Crippen molar-refractivity contribution in [1.82, 2.24) is 4.72 Å². The summed E-state index contributed by atoms with van der Waals surface area (Å²) in [5.74, 6) is -2.10. The fraction of sp³-hybridized carbons (Fsp3) is 0.385. The first-order valence-corrected chi connectivity index (χ1v) is 7.60. The van der Waals surface area contributed by atoms with Crippen LogP contribution < -0.4 is 4.72 Å². The van der Waals surface area contributed by atoms with Gasteiger partial charge in [0.15, 0.2) is 0 Å². The Morgan fingerprint density at radius 3 is 2.57 bits per heavy atom. The normalized spacial score (nSPS) is 12.9. The number of halogens is 1. The molecule has 1 atom stereocenters. The molecule has 0 aliphatic carbocycles. The number of nitrogens with one attached hydrogen (secondary N) is 1. The number of nitriles is 1. The number of hydrogen-bond acceptors (Lipinski definition) is 4. The number of aliphatic carboxylic acids is 1. The Morgan fingerprint density at radius 2 is 2.10 bits per heavy atom. The van der Waals surface area contributed by atoms with E-state index in [4.69, 9.17) is 10.4 Å². The Morgan fingerprint density at radius 1 is 1.48 bits per heavy atom.